The first-order valence-electron chi connectivity index (χ1n) is 10.0. The molecule has 10 nitrogen and oxygen atoms in total. The highest BCUT2D eigenvalue weighted by molar-refractivity contribution is 6.00. The zero-order valence-corrected chi connectivity index (χ0v) is 17.5. The third-order valence-electron chi connectivity index (χ3n) is 5.74. The average molecular weight is 421 g/mol. The summed E-state index contributed by atoms with van der Waals surface area (Å²) >= 11 is 0. The van der Waals surface area contributed by atoms with Gasteiger partial charge in [0.15, 0.2) is 5.65 Å². The third kappa shape index (κ3) is 3.03. The summed E-state index contributed by atoms with van der Waals surface area (Å²) < 4.78 is 14.9. The molecule has 0 spiro atoms. The van der Waals surface area contributed by atoms with Crippen molar-refractivity contribution < 1.29 is 14.3 Å². The maximum Gasteiger partial charge on any atom is 0.256 e. The molecule has 1 fully saturated rings. The summed E-state index contributed by atoms with van der Waals surface area (Å²) in [4.78, 5) is 21.7. The number of carbonyl (C=O) groups is 1. The monoisotopic (exact) mass is 421 g/mol. The molecular weight excluding hydrogens is 398 g/mol. The summed E-state index contributed by atoms with van der Waals surface area (Å²) in [6.45, 7) is 1.13. The second-order valence-corrected chi connectivity index (χ2v) is 7.35. The molecule has 2 atom stereocenters. The van der Waals surface area contributed by atoms with Gasteiger partial charge in [0, 0.05) is 50.8 Å². The van der Waals surface area contributed by atoms with Crippen LogP contribution >= 0.6 is 0 Å². The minimum atomic E-state index is -0.239. The minimum absolute atomic E-state index is 0.0250. The topological polar surface area (TPSA) is 108 Å². The largest absolute Gasteiger partial charge is 0.377 e. The van der Waals surface area contributed by atoms with Crippen LogP contribution in [0.1, 0.15) is 16.4 Å². The Kier molecular flexibility index (Phi) is 4.79. The van der Waals surface area contributed by atoms with E-state index in [0.29, 0.717) is 30.1 Å². The van der Waals surface area contributed by atoms with Crippen LogP contribution in [0.3, 0.4) is 0 Å². The quantitative estimate of drug-likeness (QED) is 0.505. The Morgan fingerprint density at radius 3 is 2.90 bits per heavy atom. The van der Waals surface area contributed by atoms with Crippen LogP contribution in [0.15, 0.2) is 36.8 Å². The number of nitrogens with one attached hydrogen (secondary N) is 2. The van der Waals surface area contributed by atoms with E-state index in [0.717, 1.165) is 22.8 Å². The summed E-state index contributed by atoms with van der Waals surface area (Å²) in [5.74, 6) is 1.32. The Morgan fingerprint density at radius 1 is 1.26 bits per heavy atom. The lowest BCUT2D eigenvalue weighted by Gasteiger charge is -2.22. The second kappa shape index (κ2) is 7.64. The number of ether oxygens (including phenoxy) is 2. The van der Waals surface area contributed by atoms with E-state index in [1.807, 2.05) is 30.6 Å². The number of pyridine rings is 1. The fourth-order valence-corrected chi connectivity index (χ4v) is 4.11. The van der Waals surface area contributed by atoms with Crippen molar-refractivity contribution in [1.82, 2.24) is 29.5 Å². The number of aromatic nitrogens is 5. The molecule has 31 heavy (non-hydrogen) atoms. The Labute approximate surface area is 178 Å². The SMILES string of the molecule is CNC(=O)c1cnn2c(NC)cc(-c3cnc4n([C@@H]5COC[C@H]5OC)cccc3-4)nc12. The lowest BCUT2D eigenvalue weighted by atomic mass is 10.1. The first kappa shape index (κ1) is 19.5. The van der Waals surface area contributed by atoms with E-state index in [2.05, 4.69) is 20.3 Å². The van der Waals surface area contributed by atoms with Gasteiger partial charge in [-0.05, 0) is 12.1 Å². The number of hydrogen-bond acceptors (Lipinski definition) is 7. The molecule has 1 saturated heterocycles. The van der Waals surface area contributed by atoms with Crippen molar-refractivity contribution in [3.05, 3.63) is 42.4 Å². The van der Waals surface area contributed by atoms with E-state index in [-0.39, 0.29) is 18.1 Å². The van der Waals surface area contributed by atoms with Gasteiger partial charge in [-0.1, -0.05) is 0 Å². The van der Waals surface area contributed by atoms with Crippen LogP contribution in [0.2, 0.25) is 0 Å². The van der Waals surface area contributed by atoms with E-state index in [4.69, 9.17) is 19.4 Å². The van der Waals surface area contributed by atoms with Crippen molar-refractivity contribution in [2.45, 2.75) is 12.1 Å². The summed E-state index contributed by atoms with van der Waals surface area (Å²) in [6.07, 6.45) is 5.31. The molecule has 10 heteroatoms. The molecule has 2 aromatic rings. The summed E-state index contributed by atoms with van der Waals surface area (Å²) in [6, 6.07) is 5.96. The molecule has 1 amide bonds. The molecule has 0 saturated carbocycles. The third-order valence-corrected chi connectivity index (χ3v) is 5.74. The van der Waals surface area contributed by atoms with Crippen LogP contribution in [-0.4, -0.2) is 70.6 Å². The van der Waals surface area contributed by atoms with Gasteiger partial charge in [-0.3, -0.25) is 4.79 Å². The Balaban J connectivity index is 1.63. The fraction of sp³-hybridized carbons (Fsp3) is 0.333. The number of nitrogens with zero attached hydrogens (tertiary/aromatic N) is 5. The number of hydrogen-bond donors (Lipinski definition) is 2. The zero-order valence-electron chi connectivity index (χ0n) is 17.5. The van der Waals surface area contributed by atoms with E-state index in [1.54, 1.807) is 25.7 Å². The average Bonchev–Trinajstić information content (AvgIpc) is 3.54. The normalized spacial score (nSPS) is 18.7. The highest BCUT2D eigenvalue weighted by Crippen LogP contribution is 2.36. The van der Waals surface area contributed by atoms with E-state index in [1.165, 1.54) is 6.20 Å². The Hall–Kier alpha value is -3.50. The van der Waals surface area contributed by atoms with Crippen molar-refractivity contribution in [2.24, 2.45) is 0 Å². The molecule has 0 unspecified atom stereocenters. The predicted molar refractivity (Wildman–Crippen MR) is 114 cm³/mol. The van der Waals surface area contributed by atoms with Gasteiger partial charge in [-0.15, -0.1) is 0 Å². The zero-order chi connectivity index (χ0) is 21.5. The van der Waals surface area contributed by atoms with Gasteiger partial charge in [0.25, 0.3) is 5.91 Å². The van der Waals surface area contributed by atoms with Gasteiger partial charge < -0.3 is 24.7 Å². The standard InChI is InChI=1S/C21H23N7O3/c1-22-18-7-15(26-20-14(21(29)23-2)9-25-28(18)20)13-8-24-19-12(13)5-4-6-27(19)16-10-31-11-17(16)30-3/h4-9,16-17,22H,10-11H2,1-3H3,(H,23,29)/t16-,17-/m1/s1. The molecule has 0 bridgehead atoms. The van der Waals surface area contributed by atoms with Gasteiger partial charge in [-0.2, -0.15) is 9.61 Å². The van der Waals surface area contributed by atoms with Gasteiger partial charge in [0.05, 0.1) is 31.1 Å². The van der Waals surface area contributed by atoms with Crippen LogP contribution < -0.4 is 10.6 Å². The molecule has 2 aromatic heterocycles. The summed E-state index contributed by atoms with van der Waals surface area (Å²) in [5.41, 5.74) is 3.42. The van der Waals surface area contributed by atoms with E-state index < -0.39 is 0 Å². The first-order chi connectivity index (χ1) is 15.2. The van der Waals surface area contributed by atoms with Gasteiger partial charge >= 0.3 is 0 Å². The maximum atomic E-state index is 12.3. The van der Waals surface area contributed by atoms with Gasteiger partial charge in [0.1, 0.15) is 23.3 Å². The van der Waals surface area contributed by atoms with Crippen molar-refractivity contribution in [3.63, 3.8) is 0 Å². The van der Waals surface area contributed by atoms with E-state index >= 15 is 0 Å². The molecule has 3 aliphatic heterocycles. The number of methoxy groups -OCH3 is 1. The minimum Gasteiger partial charge on any atom is -0.377 e. The number of anilines is 1. The highest BCUT2D eigenvalue weighted by Gasteiger charge is 2.32. The van der Waals surface area contributed by atoms with Crippen LogP contribution in [-0.2, 0) is 9.47 Å². The number of carbonyl (C=O) groups excluding carboxylic acids is 1. The molecule has 0 aromatic carbocycles. The molecule has 5 rings (SSSR count). The molecule has 3 aliphatic rings. The van der Waals surface area contributed by atoms with Crippen LogP contribution in [0.5, 0.6) is 0 Å². The number of fused-ring (bicyclic) bond motifs is 2. The van der Waals surface area contributed by atoms with Crippen molar-refractivity contribution >= 4 is 17.4 Å². The second-order valence-electron chi connectivity index (χ2n) is 7.35. The number of amides is 1. The number of rotatable bonds is 5. The Morgan fingerprint density at radius 2 is 2.13 bits per heavy atom. The lowest BCUT2D eigenvalue weighted by molar-refractivity contribution is 0.0686. The predicted octanol–water partition coefficient (Wildman–Crippen LogP) is 1.69. The van der Waals surface area contributed by atoms with Crippen LogP contribution in [0, 0.1) is 0 Å². The fourth-order valence-electron chi connectivity index (χ4n) is 4.11. The molecule has 5 heterocycles. The summed E-state index contributed by atoms with van der Waals surface area (Å²) in [5, 5.41) is 10.1. The van der Waals surface area contributed by atoms with Crippen molar-refractivity contribution in [3.8, 4) is 22.6 Å². The highest BCUT2D eigenvalue weighted by atomic mass is 16.5. The van der Waals surface area contributed by atoms with Crippen LogP contribution in [0.4, 0.5) is 5.82 Å². The molecule has 2 N–H and O–H groups in total. The first-order valence-corrected chi connectivity index (χ1v) is 10.0. The van der Waals surface area contributed by atoms with Gasteiger partial charge in [0.2, 0.25) is 0 Å². The Bertz CT molecular complexity index is 1230. The lowest BCUT2D eigenvalue weighted by Crippen LogP contribution is -2.25. The summed E-state index contributed by atoms with van der Waals surface area (Å²) in [7, 11) is 5.09. The van der Waals surface area contributed by atoms with Crippen molar-refractivity contribution in [2.75, 3.05) is 39.7 Å². The van der Waals surface area contributed by atoms with E-state index in [9.17, 15) is 4.79 Å². The maximum absolute atomic E-state index is 12.3. The smallest absolute Gasteiger partial charge is 0.256 e. The van der Waals surface area contributed by atoms with Gasteiger partial charge in [-0.25, -0.2) is 9.97 Å². The molecular formula is C21H23N7O3. The molecule has 160 valence electrons. The van der Waals surface area contributed by atoms with Crippen molar-refractivity contribution in [1.29, 1.82) is 0 Å². The molecule has 0 radical (unpaired) electrons. The molecule has 0 aliphatic carbocycles. The van der Waals surface area contributed by atoms with Crippen LogP contribution in [0.25, 0.3) is 28.3 Å².